The van der Waals surface area contributed by atoms with Crippen LogP contribution in [0.25, 0.3) is 0 Å². The van der Waals surface area contributed by atoms with Gasteiger partial charge in [0.2, 0.25) is 11.8 Å². The van der Waals surface area contributed by atoms with E-state index in [1.54, 1.807) is 4.90 Å². The van der Waals surface area contributed by atoms with Crippen molar-refractivity contribution in [2.24, 2.45) is 5.73 Å². The van der Waals surface area contributed by atoms with Gasteiger partial charge >= 0.3 is 6.03 Å². The van der Waals surface area contributed by atoms with E-state index in [1.165, 1.54) is 11.6 Å². The number of rotatable bonds is 10. The fourth-order valence-corrected chi connectivity index (χ4v) is 3.78. The maximum atomic E-state index is 13.2. The van der Waals surface area contributed by atoms with Gasteiger partial charge in [0.15, 0.2) is 0 Å². The molecule has 1 aliphatic heterocycles. The summed E-state index contributed by atoms with van der Waals surface area (Å²) >= 11 is 0. The van der Waals surface area contributed by atoms with Crippen molar-refractivity contribution in [2.75, 3.05) is 26.3 Å². The number of amides is 4. The van der Waals surface area contributed by atoms with Gasteiger partial charge in [-0.25, -0.2) is 4.79 Å². The number of hydrogen-bond donors (Lipinski definition) is 3. The van der Waals surface area contributed by atoms with E-state index >= 15 is 0 Å². The Hall–Kier alpha value is -3.65. The highest BCUT2D eigenvalue weighted by molar-refractivity contribution is 5.91. The molecule has 4 N–H and O–H groups in total. The smallest absolute Gasteiger partial charge is 0.318 e. The van der Waals surface area contributed by atoms with Crippen LogP contribution in [0.5, 0.6) is 0 Å². The molecule has 0 aliphatic carbocycles. The van der Waals surface area contributed by atoms with Crippen LogP contribution >= 0.6 is 0 Å². The average Bonchev–Trinajstić information content (AvgIpc) is 2.85. The lowest BCUT2D eigenvalue weighted by atomic mass is 10.0. The Morgan fingerprint density at radius 1 is 0.971 bits per heavy atom. The van der Waals surface area contributed by atoms with Gasteiger partial charge in [-0.1, -0.05) is 60.7 Å². The van der Waals surface area contributed by atoms with Crippen molar-refractivity contribution in [1.29, 1.82) is 0 Å². The number of benzene rings is 2. The molecule has 0 spiro atoms. The standard InChI is InChI=1S/C26H32N4O4/c27-24(31)19-22(13-7-12-20-8-3-1-4-9-20)28-25(32)23(18-21-10-5-2-6-11-21)29-26(33)30-14-16-34-17-15-30/h1-6,8-11,19,23H,7,12-18H2,(H2,27,31)(H,28,32)(H,29,33). The third-order valence-electron chi connectivity index (χ3n) is 5.55. The lowest BCUT2D eigenvalue weighted by Gasteiger charge is -2.29. The van der Waals surface area contributed by atoms with Crippen molar-refractivity contribution in [2.45, 2.75) is 31.7 Å². The second kappa shape index (κ2) is 13.2. The van der Waals surface area contributed by atoms with Gasteiger partial charge in [-0.15, -0.1) is 0 Å². The maximum absolute atomic E-state index is 13.2. The first-order chi connectivity index (χ1) is 16.5. The van der Waals surface area contributed by atoms with Crippen molar-refractivity contribution >= 4 is 17.8 Å². The number of carbonyl (C=O) groups excluding carboxylic acids is 3. The Morgan fingerprint density at radius 3 is 2.21 bits per heavy atom. The second-order valence-electron chi connectivity index (χ2n) is 8.19. The zero-order valence-corrected chi connectivity index (χ0v) is 19.2. The summed E-state index contributed by atoms with van der Waals surface area (Å²) < 4.78 is 5.30. The SMILES string of the molecule is NC(=O)C=C(CCCc1ccccc1)NC(=O)C(Cc1ccccc1)NC(=O)N1CCOCC1. The Morgan fingerprint density at radius 2 is 1.59 bits per heavy atom. The molecule has 8 nitrogen and oxygen atoms in total. The van der Waals surface area contributed by atoms with Gasteiger partial charge < -0.3 is 26.0 Å². The number of morpholine rings is 1. The third-order valence-corrected chi connectivity index (χ3v) is 5.55. The van der Waals surface area contributed by atoms with Gasteiger partial charge in [-0.3, -0.25) is 9.59 Å². The molecule has 1 atom stereocenters. The highest BCUT2D eigenvalue weighted by atomic mass is 16.5. The molecule has 1 fully saturated rings. The number of nitrogens with one attached hydrogen (secondary N) is 2. The fraction of sp³-hybridized carbons (Fsp3) is 0.346. The number of hydrogen-bond acceptors (Lipinski definition) is 4. The first-order valence-corrected chi connectivity index (χ1v) is 11.5. The molecule has 1 unspecified atom stereocenters. The van der Waals surface area contributed by atoms with Crippen LogP contribution in [-0.2, 0) is 27.2 Å². The Kier molecular flexibility index (Phi) is 9.66. The predicted molar refractivity (Wildman–Crippen MR) is 130 cm³/mol. The summed E-state index contributed by atoms with van der Waals surface area (Å²) in [6, 6.07) is 18.3. The van der Waals surface area contributed by atoms with Crippen molar-refractivity contribution in [3.8, 4) is 0 Å². The zero-order valence-electron chi connectivity index (χ0n) is 19.2. The zero-order chi connectivity index (χ0) is 24.2. The molecule has 3 rings (SSSR count). The van der Waals surface area contributed by atoms with E-state index in [4.69, 9.17) is 10.5 Å². The summed E-state index contributed by atoms with van der Waals surface area (Å²) in [7, 11) is 0. The lowest BCUT2D eigenvalue weighted by molar-refractivity contribution is -0.122. The van der Waals surface area contributed by atoms with E-state index in [0.717, 1.165) is 18.4 Å². The lowest BCUT2D eigenvalue weighted by Crippen LogP contribution is -2.54. The minimum absolute atomic E-state index is 0.316. The number of nitrogens with two attached hydrogens (primary N) is 1. The molecule has 2 aromatic carbocycles. The highest BCUT2D eigenvalue weighted by Gasteiger charge is 2.25. The van der Waals surface area contributed by atoms with Crippen molar-refractivity contribution in [3.05, 3.63) is 83.6 Å². The number of primary amides is 1. The normalized spacial score (nSPS) is 14.8. The molecule has 1 heterocycles. The van der Waals surface area contributed by atoms with Gasteiger partial charge in [-0.05, 0) is 30.4 Å². The minimum atomic E-state index is -0.817. The largest absolute Gasteiger partial charge is 0.378 e. The quantitative estimate of drug-likeness (QED) is 0.468. The molecule has 1 aliphatic rings. The Balaban J connectivity index is 1.67. The van der Waals surface area contributed by atoms with E-state index < -0.39 is 17.9 Å². The first kappa shape index (κ1) is 25.0. The van der Waals surface area contributed by atoms with E-state index in [0.29, 0.717) is 44.8 Å². The van der Waals surface area contributed by atoms with Crippen LogP contribution in [0, 0.1) is 0 Å². The van der Waals surface area contributed by atoms with Crippen LogP contribution in [0.4, 0.5) is 4.79 Å². The molecule has 0 aromatic heterocycles. The van der Waals surface area contributed by atoms with Crippen molar-refractivity contribution < 1.29 is 19.1 Å². The van der Waals surface area contributed by atoms with Gasteiger partial charge in [0.25, 0.3) is 0 Å². The number of ether oxygens (including phenoxy) is 1. The molecule has 0 bridgehead atoms. The molecular weight excluding hydrogens is 432 g/mol. The summed E-state index contributed by atoms with van der Waals surface area (Å²) in [6.45, 7) is 1.88. The summed E-state index contributed by atoms with van der Waals surface area (Å²) in [5.41, 5.74) is 7.90. The van der Waals surface area contributed by atoms with Crippen LogP contribution in [0.2, 0.25) is 0 Å². The molecule has 4 amide bonds. The number of nitrogens with zero attached hydrogens (tertiary/aromatic N) is 1. The van der Waals surface area contributed by atoms with E-state index in [1.807, 2.05) is 60.7 Å². The van der Waals surface area contributed by atoms with Crippen LogP contribution < -0.4 is 16.4 Å². The molecule has 0 saturated carbocycles. The van der Waals surface area contributed by atoms with Crippen LogP contribution in [0.3, 0.4) is 0 Å². The predicted octanol–water partition coefficient (Wildman–Crippen LogP) is 2.15. The summed E-state index contributed by atoms with van der Waals surface area (Å²) in [6.07, 6.45) is 3.56. The number of aryl methyl sites for hydroxylation is 1. The summed E-state index contributed by atoms with van der Waals surface area (Å²) in [4.78, 5) is 39.2. The molecule has 180 valence electrons. The highest BCUT2D eigenvalue weighted by Crippen LogP contribution is 2.11. The first-order valence-electron chi connectivity index (χ1n) is 11.5. The average molecular weight is 465 g/mol. The topological polar surface area (TPSA) is 114 Å². The number of carbonyl (C=O) groups is 3. The molecular formula is C26H32N4O4. The van der Waals surface area contributed by atoms with E-state index in [2.05, 4.69) is 10.6 Å². The van der Waals surface area contributed by atoms with Gasteiger partial charge in [-0.2, -0.15) is 0 Å². The monoisotopic (exact) mass is 464 g/mol. The van der Waals surface area contributed by atoms with Gasteiger partial charge in [0.1, 0.15) is 6.04 Å². The van der Waals surface area contributed by atoms with E-state index in [9.17, 15) is 14.4 Å². The third kappa shape index (κ3) is 8.37. The minimum Gasteiger partial charge on any atom is -0.378 e. The Bertz CT molecular complexity index is 973. The number of allylic oxidation sites excluding steroid dienone is 1. The van der Waals surface area contributed by atoms with Crippen molar-refractivity contribution in [3.63, 3.8) is 0 Å². The molecule has 1 saturated heterocycles. The summed E-state index contributed by atoms with van der Waals surface area (Å²) in [5.74, 6) is -1.02. The molecule has 34 heavy (non-hydrogen) atoms. The van der Waals surface area contributed by atoms with Crippen molar-refractivity contribution in [1.82, 2.24) is 15.5 Å². The van der Waals surface area contributed by atoms with Gasteiger partial charge in [0, 0.05) is 31.3 Å². The number of urea groups is 1. The van der Waals surface area contributed by atoms with Crippen LogP contribution in [0.1, 0.15) is 24.0 Å². The van der Waals surface area contributed by atoms with Crippen LogP contribution in [-0.4, -0.2) is 55.1 Å². The molecule has 8 heteroatoms. The van der Waals surface area contributed by atoms with Crippen LogP contribution in [0.15, 0.2) is 72.4 Å². The molecule has 2 aromatic rings. The Labute approximate surface area is 200 Å². The van der Waals surface area contributed by atoms with E-state index in [-0.39, 0.29) is 6.03 Å². The van der Waals surface area contributed by atoms with Gasteiger partial charge in [0.05, 0.1) is 13.2 Å². The second-order valence-corrected chi connectivity index (χ2v) is 8.19. The fourth-order valence-electron chi connectivity index (χ4n) is 3.78. The molecule has 0 radical (unpaired) electrons. The maximum Gasteiger partial charge on any atom is 0.318 e. The summed E-state index contributed by atoms with van der Waals surface area (Å²) in [5, 5.41) is 5.68.